The molecule has 0 radical (unpaired) electrons. The van der Waals surface area contributed by atoms with Crippen molar-refractivity contribution in [2.24, 2.45) is 0 Å². The van der Waals surface area contributed by atoms with Gasteiger partial charge in [0, 0.05) is 51.8 Å². The van der Waals surface area contributed by atoms with Crippen LogP contribution < -0.4 is 5.32 Å². The monoisotopic (exact) mass is 444 g/mol. The number of ether oxygens (including phenoxy) is 1. The Hall–Kier alpha value is -2.16. The average Bonchev–Trinajstić information content (AvgIpc) is 3.39. The number of amides is 2. The van der Waals surface area contributed by atoms with Crippen molar-refractivity contribution < 1.29 is 19.4 Å². The Morgan fingerprint density at radius 2 is 1.97 bits per heavy atom. The Morgan fingerprint density at radius 1 is 1.19 bits per heavy atom. The first-order valence-corrected chi connectivity index (χ1v) is 11.8. The number of nitrogens with one attached hydrogen (secondary N) is 1. The Labute approximate surface area is 190 Å². The van der Waals surface area contributed by atoms with Gasteiger partial charge in [-0.3, -0.25) is 19.4 Å². The van der Waals surface area contributed by atoms with Crippen LogP contribution in [0.4, 0.5) is 0 Å². The minimum absolute atomic E-state index is 0.0756. The van der Waals surface area contributed by atoms with Crippen molar-refractivity contribution in [3.8, 4) is 5.75 Å². The summed E-state index contributed by atoms with van der Waals surface area (Å²) in [7, 11) is 3.79. The number of hydrogen-bond donors (Lipinski definition) is 2. The lowest BCUT2D eigenvalue weighted by Crippen LogP contribution is -2.49. The summed E-state index contributed by atoms with van der Waals surface area (Å²) >= 11 is 0. The SMILES string of the molecule is COC[C@H]1CCCN1C(=O)CC[C@H]1CNC(=O)[C@@H]2[C@@H](CCN2Cc2ccc(O)cc2)N1C. The van der Waals surface area contributed by atoms with Crippen LogP contribution in [0, 0.1) is 0 Å². The Bertz CT molecular complexity index is 802. The molecule has 3 saturated heterocycles. The highest BCUT2D eigenvalue weighted by Gasteiger charge is 2.45. The van der Waals surface area contributed by atoms with Gasteiger partial charge in [0.15, 0.2) is 0 Å². The van der Waals surface area contributed by atoms with Gasteiger partial charge in [-0.05, 0) is 50.4 Å². The minimum atomic E-state index is -0.195. The van der Waals surface area contributed by atoms with Crippen LogP contribution in [0.2, 0.25) is 0 Å². The predicted molar refractivity (Wildman–Crippen MR) is 121 cm³/mol. The van der Waals surface area contributed by atoms with Crippen molar-refractivity contribution in [1.29, 1.82) is 0 Å². The molecule has 176 valence electrons. The number of rotatable bonds is 7. The molecule has 3 aliphatic rings. The summed E-state index contributed by atoms with van der Waals surface area (Å²) in [6, 6.07) is 7.48. The van der Waals surface area contributed by atoms with Gasteiger partial charge in [-0.2, -0.15) is 0 Å². The van der Waals surface area contributed by atoms with E-state index in [2.05, 4.69) is 22.2 Å². The van der Waals surface area contributed by atoms with Crippen molar-refractivity contribution in [2.75, 3.05) is 40.4 Å². The van der Waals surface area contributed by atoms with E-state index in [1.807, 2.05) is 17.0 Å². The normalized spacial score (nSPS) is 29.1. The third-order valence-electron chi connectivity index (χ3n) is 7.42. The maximum Gasteiger partial charge on any atom is 0.239 e. The number of likely N-dealkylation sites (N-methyl/N-ethyl adjacent to an activating group) is 1. The van der Waals surface area contributed by atoms with Crippen LogP contribution in [0.25, 0.3) is 0 Å². The van der Waals surface area contributed by atoms with E-state index in [-0.39, 0.29) is 41.7 Å². The lowest BCUT2D eigenvalue weighted by atomic mass is 10.0. The van der Waals surface area contributed by atoms with E-state index in [0.29, 0.717) is 26.1 Å². The quantitative estimate of drug-likeness (QED) is 0.657. The fraction of sp³-hybridized carbons (Fsp3) is 0.667. The number of carbonyl (C=O) groups is 2. The van der Waals surface area contributed by atoms with Crippen LogP contribution in [0.5, 0.6) is 5.75 Å². The highest BCUT2D eigenvalue weighted by molar-refractivity contribution is 5.83. The zero-order valence-electron chi connectivity index (χ0n) is 19.2. The topological polar surface area (TPSA) is 85.3 Å². The van der Waals surface area contributed by atoms with Crippen LogP contribution >= 0.6 is 0 Å². The fourth-order valence-electron chi connectivity index (χ4n) is 5.63. The second kappa shape index (κ2) is 10.2. The summed E-state index contributed by atoms with van der Waals surface area (Å²) in [5, 5.41) is 12.7. The molecule has 4 rings (SSSR count). The van der Waals surface area contributed by atoms with Gasteiger partial charge in [-0.1, -0.05) is 12.1 Å². The Kier molecular flexibility index (Phi) is 7.33. The van der Waals surface area contributed by atoms with E-state index in [1.54, 1.807) is 19.2 Å². The zero-order valence-corrected chi connectivity index (χ0v) is 19.2. The molecule has 0 aliphatic carbocycles. The number of phenols is 1. The van der Waals surface area contributed by atoms with Gasteiger partial charge in [0.1, 0.15) is 11.8 Å². The van der Waals surface area contributed by atoms with Crippen molar-refractivity contribution in [3.05, 3.63) is 29.8 Å². The molecule has 1 aromatic carbocycles. The molecule has 0 unspecified atom stereocenters. The van der Waals surface area contributed by atoms with Crippen molar-refractivity contribution >= 4 is 11.8 Å². The average molecular weight is 445 g/mol. The summed E-state index contributed by atoms with van der Waals surface area (Å²) in [5.74, 6) is 0.525. The first-order chi connectivity index (χ1) is 15.5. The van der Waals surface area contributed by atoms with Crippen LogP contribution in [-0.4, -0.2) is 96.2 Å². The maximum absolute atomic E-state index is 13.0. The number of phenolic OH excluding ortho intramolecular Hbond substituents is 1. The van der Waals surface area contributed by atoms with Crippen molar-refractivity contribution in [1.82, 2.24) is 20.0 Å². The van der Waals surface area contributed by atoms with Gasteiger partial charge < -0.3 is 20.1 Å². The molecule has 8 heteroatoms. The lowest BCUT2D eigenvalue weighted by molar-refractivity contribution is -0.133. The zero-order chi connectivity index (χ0) is 22.7. The summed E-state index contributed by atoms with van der Waals surface area (Å²) < 4.78 is 5.29. The predicted octanol–water partition coefficient (Wildman–Crippen LogP) is 1.18. The highest BCUT2D eigenvalue weighted by Crippen LogP contribution is 2.29. The summed E-state index contributed by atoms with van der Waals surface area (Å²) in [6.45, 7) is 3.53. The molecule has 32 heavy (non-hydrogen) atoms. The van der Waals surface area contributed by atoms with E-state index in [4.69, 9.17) is 4.74 Å². The van der Waals surface area contributed by atoms with Crippen LogP contribution in [0.15, 0.2) is 24.3 Å². The molecule has 2 amide bonds. The van der Waals surface area contributed by atoms with E-state index < -0.39 is 0 Å². The molecular weight excluding hydrogens is 408 g/mol. The second-order valence-electron chi connectivity index (χ2n) is 9.38. The van der Waals surface area contributed by atoms with E-state index >= 15 is 0 Å². The molecule has 4 atom stereocenters. The molecule has 0 bridgehead atoms. The van der Waals surface area contributed by atoms with Crippen molar-refractivity contribution in [3.63, 3.8) is 0 Å². The lowest BCUT2D eigenvalue weighted by Gasteiger charge is -2.33. The minimum Gasteiger partial charge on any atom is -0.508 e. The maximum atomic E-state index is 13.0. The number of methoxy groups -OCH3 is 1. The Balaban J connectivity index is 1.36. The number of fused-ring (bicyclic) bond motifs is 1. The fourth-order valence-corrected chi connectivity index (χ4v) is 5.63. The van der Waals surface area contributed by atoms with Gasteiger partial charge in [0.2, 0.25) is 11.8 Å². The van der Waals surface area contributed by atoms with Gasteiger partial charge >= 0.3 is 0 Å². The Morgan fingerprint density at radius 3 is 2.72 bits per heavy atom. The molecule has 1 aromatic rings. The number of benzene rings is 1. The molecule has 0 spiro atoms. The number of hydrogen-bond acceptors (Lipinski definition) is 6. The highest BCUT2D eigenvalue weighted by atomic mass is 16.5. The summed E-state index contributed by atoms with van der Waals surface area (Å²) in [5.41, 5.74) is 1.08. The first-order valence-electron chi connectivity index (χ1n) is 11.8. The number of likely N-dealkylation sites (tertiary alicyclic amines) is 2. The number of carbonyl (C=O) groups excluding carboxylic acids is 2. The van der Waals surface area contributed by atoms with E-state index in [9.17, 15) is 14.7 Å². The molecule has 8 nitrogen and oxygen atoms in total. The van der Waals surface area contributed by atoms with Crippen LogP contribution in [0.3, 0.4) is 0 Å². The number of aromatic hydroxyl groups is 1. The molecular formula is C24H36N4O4. The summed E-state index contributed by atoms with van der Waals surface area (Å²) in [6.07, 6.45) is 4.23. The van der Waals surface area contributed by atoms with Crippen LogP contribution in [0.1, 0.15) is 37.7 Å². The third-order valence-corrected chi connectivity index (χ3v) is 7.42. The second-order valence-corrected chi connectivity index (χ2v) is 9.38. The molecule has 0 saturated carbocycles. The van der Waals surface area contributed by atoms with Crippen molar-refractivity contribution in [2.45, 2.75) is 62.8 Å². The molecule has 2 N–H and O–H groups in total. The van der Waals surface area contributed by atoms with Gasteiger partial charge in [0.05, 0.1) is 12.6 Å². The largest absolute Gasteiger partial charge is 0.508 e. The standard InChI is InChI=1S/C24H36N4O4/c1-26-18(7-10-22(30)28-12-3-4-19(28)16-32-2)14-25-24(31)23-21(26)11-13-27(23)15-17-5-8-20(29)9-6-17/h5-6,8-9,18-19,21,23,29H,3-4,7,10-16H2,1-2H3,(H,25,31)/t18-,19+,21+,23-/m0/s1. The van der Waals surface area contributed by atoms with E-state index in [1.165, 1.54) is 0 Å². The molecule has 3 fully saturated rings. The number of nitrogens with zero attached hydrogens (tertiary/aromatic N) is 3. The van der Waals surface area contributed by atoms with Gasteiger partial charge in [-0.25, -0.2) is 0 Å². The molecule has 0 aromatic heterocycles. The molecule has 3 aliphatic heterocycles. The van der Waals surface area contributed by atoms with E-state index in [0.717, 1.165) is 44.3 Å². The third kappa shape index (κ3) is 4.92. The van der Waals surface area contributed by atoms with Crippen LogP contribution in [-0.2, 0) is 20.9 Å². The first kappa shape index (κ1) is 23.0. The smallest absolute Gasteiger partial charge is 0.239 e. The molecule has 3 heterocycles. The summed E-state index contributed by atoms with van der Waals surface area (Å²) in [4.78, 5) is 32.4. The van der Waals surface area contributed by atoms with Gasteiger partial charge in [-0.15, -0.1) is 0 Å². The van der Waals surface area contributed by atoms with Gasteiger partial charge in [0.25, 0.3) is 0 Å².